The number of hydrogen-bond donors (Lipinski definition) is 1. The van der Waals surface area contributed by atoms with Gasteiger partial charge in [-0.1, -0.05) is 47.6 Å². The van der Waals surface area contributed by atoms with Crippen LogP contribution in [0.5, 0.6) is 0 Å². The molecule has 1 aromatic heterocycles. The molecular weight excluding hydrogens is 305 g/mol. The Kier molecular flexibility index (Phi) is 3.73. The van der Waals surface area contributed by atoms with E-state index in [1.807, 2.05) is 6.07 Å². The van der Waals surface area contributed by atoms with Crippen LogP contribution in [0.15, 0.2) is 59.9 Å². The van der Waals surface area contributed by atoms with Gasteiger partial charge in [-0.15, -0.1) is 0 Å². The first-order valence-corrected chi connectivity index (χ1v) is 6.74. The Hall–Kier alpha value is -2.89. The first kappa shape index (κ1) is 15.0. The van der Waals surface area contributed by atoms with E-state index in [2.05, 4.69) is 10.1 Å². The Labute approximate surface area is 129 Å². The second-order valence-corrected chi connectivity index (χ2v) is 4.90. The smallest absolute Gasteiger partial charge is 0.411 e. The van der Waals surface area contributed by atoms with Crippen LogP contribution in [0.2, 0.25) is 0 Å². The molecule has 0 aliphatic carbocycles. The van der Waals surface area contributed by atoms with Crippen molar-refractivity contribution in [1.29, 1.82) is 0 Å². The number of alkyl halides is 3. The Bertz CT molecular complexity index is 874. The molecular formula is C17H11F3N2O. The van der Waals surface area contributed by atoms with Crippen molar-refractivity contribution < 1.29 is 18.4 Å². The lowest BCUT2D eigenvalue weighted by Crippen LogP contribution is -2.07. The summed E-state index contributed by atoms with van der Waals surface area (Å²) in [4.78, 5) is 3.93. The predicted octanol–water partition coefficient (Wildman–Crippen LogP) is 4.73. The number of aromatic nitrogens is 1. The molecule has 3 nitrogen and oxygen atoms in total. The van der Waals surface area contributed by atoms with Crippen LogP contribution in [0.25, 0.3) is 22.0 Å². The van der Waals surface area contributed by atoms with Crippen LogP contribution in [0.4, 0.5) is 13.2 Å². The summed E-state index contributed by atoms with van der Waals surface area (Å²) in [6.07, 6.45) is -2.05. The molecule has 2 aromatic carbocycles. The number of hydrogen-bond acceptors (Lipinski definition) is 3. The summed E-state index contributed by atoms with van der Waals surface area (Å²) in [5.74, 6) is 0. The van der Waals surface area contributed by atoms with E-state index in [9.17, 15) is 13.2 Å². The van der Waals surface area contributed by atoms with Crippen molar-refractivity contribution in [2.45, 2.75) is 6.18 Å². The Morgan fingerprint density at radius 1 is 1.00 bits per heavy atom. The predicted molar refractivity (Wildman–Crippen MR) is 81.6 cm³/mol. The molecule has 1 N–H and O–H groups in total. The van der Waals surface area contributed by atoms with Crippen molar-refractivity contribution in [3.63, 3.8) is 0 Å². The quantitative estimate of drug-likeness (QED) is 0.422. The van der Waals surface area contributed by atoms with E-state index in [0.29, 0.717) is 22.1 Å². The first-order valence-electron chi connectivity index (χ1n) is 6.74. The van der Waals surface area contributed by atoms with Gasteiger partial charge < -0.3 is 5.21 Å². The van der Waals surface area contributed by atoms with Gasteiger partial charge in [-0.05, 0) is 11.6 Å². The summed E-state index contributed by atoms with van der Waals surface area (Å²) < 4.78 is 39.6. The molecule has 116 valence electrons. The van der Waals surface area contributed by atoms with Crippen LogP contribution < -0.4 is 0 Å². The highest BCUT2D eigenvalue weighted by Crippen LogP contribution is 2.37. The van der Waals surface area contributed by atoms with Gasteiger partial charge in [0.15, 0.2) is 0 Å². The average Bonchev–Trinajstić information content (AvgIpc) is 2.54. The summed E-state index contributed by atoms with van der Waals surface area (Å²) in [6.45, 7) is 0. The number of nitrogens with zero attached hydrogens (tertiary/aromatic N) is 2. The van der Waals surface area contributed by atoms with Crippen LogP contribution in [0.3, 0.4) is 0 Å². The summed E-state index contributed by atoms with van der Waals surface area (Å²) >= 11 is 0. The molecule has 0 aliphatic heterocycles. The molecule has 0 saturated carbocycles. The molecule has 0 saturated heterocycles. The van der Waals surface area contributed by atoms with Gasteiger partial charge in [0.05, 0.1) is 17.3 Å². The summed E-state index contributed by atoms with van der Waals surface area (Å²) in [7, 11) is 0. The second-order valence-electron chi connectivity index (χ2n) is 4.90. The van der Waals surface area contributed by atoms with Gasteiger partial charge >= 0.3 is 6.18 Å². The third-order valence-corrected chi connectivity index (χ3v) is 3.49. The largest absolute Gasteiger partial charge is 0.418 e. The number of pyridine rings is 1. The van der Waals surface area contributed by atoms with E-state index < -0.39 is 11.7 Å². The van der Waals surface area contributed by atoms with E-state index in [4.69, 9.17) is 5.21 Å². The fourth-order valence-corrected chi connectivity index (χ4v) is 2.55. The van der Waals surface area contributed by atoms with E-state index in [1.54, 1.807) is 30.3 Å². The van der Waals surface area contributed by atoms with E-state index in [0.717, 1.165) is 12.3 Å². The Balaban J connectivity index is 2.41. The van der Waals surface area contributed by atoms with Crippen molar-refractivity contribution in [1.82, 2.24) is 4.98 Å². The van der Waals surface area contributed by atoms with Gasteiger partial charge in [-0.3, -0.25) is 4.98 Å². The van der Waals surface area contributed by atoms with Gasteiger partial charge in [0.1, 0.15) is 0 Å². The minimum atomic E-state index is -4.49. The minimum absolute atomic E-state index is 0.131. The van der Waals surface area contributed by atoms with Crippen LogP contribution in [0, 0.1) is 0 Å². The van der Waals surface area contributed by atoms with Gasteiger partial charge in [0.2, 0.25) is 0 Å². The number of halogens is 3. The van der Waals surface area contributed by atoms with Crippen molar-refractivity contribution in [3.8, 4) is 11.1 Å². The Morgan fingerprint density at radius 3 is 2.39 bits per heavy atom. The van der Waals surface area contributed by atoms with Gasteiger partial charge in [0, 0.05) is 22.7 Å². The van der Waals surface area contributed by atoms with E-state index >= 15 is 0 Å². The number of rotatable bonds is 2. The fraction of sp³-hybridized carbons (Fsp3) is 0.0588. The topological polar surface area (TPSA) is 45.5 Å². The molecule has 0 atom stereocenters. The number of oxime groups is 1. The molecule has 3 rings (SSSR count). The van der Waals surface area contributed by atoms with Crippen LogP contribution in [-0.4, -0.2) is 16.4 Å². The minimum Gasteiger partial charge on any atom is -0.411 e. The van der Waals surface area contributed by atoms with Crippen molar-refractivity contribution >= 4 is 17.1 Å². The molecule has 6 heteroatoms. The van der Waals surface area contributed by atoms with E-state index in [-0.39, 0.29) is 5.52 Å². The molecule has 3 aromatic rings. The molecule has 23 heavy (non-hydrogen) atoms. The summed E-state index contributed by atoms with van der Waals surface area (Å²) in [5.41, 5.74) is 0.771. The lowest BCUT2D eigenvalue weighted by atomic mass is 9.95. The molecule has 0 fully saturated rings. The normalized spacial score (nSPS) is 12.1. The third kappa shape index (κ3) is 2.75. The summed E-state index contributed by atoms with van der Waals surface area (Å²) in [5, 5.41) is 12.1. The average molecular weight is 316 g/mol. The number of fused-ring (bicyclic) bond motifs is 1. The molecule has 0 bridgehead atoms. The maximum absolute atomic E-state index is 13.2. The molecule has 0 unspecified atom stereocenters. The maximum Gasteiger partial charge on any atom is 0.418 e. The van der Waals surface area contributed by atoms with Crippen molar-refractivity contribution in [2.75, 3.05) is 0 Å². The van der Waals surface area contributed by atoms with Crippen LogP contribution >= 0.6 is 0 Å². The van der Waals surface area contributed by atoms with Crippen molar-refractivity contribution in [2.24, 2.45) is 5.16 Å². The molecule has 0 spiro atoms. The summed E-state index contributed by atoms with van der Waals surface area (Å²) in [6, 6.07) is 12.9. The molecule has 0 aliphatic rings. The Morgan fingerprint density at radius 2 is 1.74 bits per heavy atom. The number of para-hydroxylation sites is 1. The van der Waals surface area contributed by atoms with Crippen LogP contribution in [0.1, 0.15) is 11.1 Å². The fourth-order valence-electron chi connectivity index (χ4n) is 2.55. The molecule has 1 heterocycles. The second kappa shape index (κ2) is 5.72. The van der Waals surface area contributed by atoms with Gasteiger partial charge in [-0.25, -0.2) is 0 Å². The monoisotopic (exact) mass is 316 g/mol. The van der Waals surface area contributed by atoms with Crippen molar-refractivity contribution in [3.05, 3.63) is 65.9 Å². The van der Waals surface area contributed by atoms with E-state index in [1.165, 1.54) is 12.3 Å². The van der Waals surface area contributed by atoms with Gasteiger partial charge in [0.25, 0.3) is 0 Å². The SMILES string of the molecule is ON=Cc1cnc2c(C(F)(F)F)cccc2c1-c1ccccc1. The number of benzene rings is 2. The van der Waals surface area contributed by atoms with Crippen LogP contribution in [-0.2, 0) is 6.18 Å². The standard InChI is InChI=1S/C17H11F3N2O/c18-17(19,20)14-8-4-7-13-15(11-5-2-1-3-6-11)12(10-22-23)9-21-16(13)14/h1-10,23H. The third-order valence-electron chi connectivity index (χ3n) is 3.49. The zero-order chi connectivity index (χ0) is 16.4. The molecule has 0 amide bonds. The lowest BCUT2D eigenvalue weighted by molar-refractivity contribution is -0.136. The zero-order valence-corrected chi connectivity index (χ0v) is 11.7. The zero-order valence-electron chi connectivity index (χ0n) is 11.7. The highest BCUT2D eigenvalue weighted by Gasteiger charge is 2.33. The highest BCUT2D eigenvalue weighted by molar-refractivity contribution is 6.04. The first-order chi connectivity index (χ1) is 11.0. The maximum atomic E-state index is 13.2. The highest BCUT2D eigenvalue weighted by atomic mass is 19.4. The van der Waals surface area contributed by atoms with Gasteiger partial charge in [-0.2, -0.15) is 13.2 Å². The molecule has 0 radical (unpaired) electrons. The lowest BCUT2D eigenvalue weighted by Gasteiger charge is -2.14.